The minimum Gasteiger partial charge on any atom is -0.455 e. The second kappa shape index (κ2) is 13.0. The Bertz CT molecular complexity index is 3180. The van der Waals surface area contributed by atoms with Crippen LogP contribution < -0.4 is 0 Å². The predicted octanol–water partition coefficient (Wildman–Crippen LogP) is 13.2. The van der Waals surface area contributed by atoms with Crippen molar-refractivity contribution in [2.75, 3.05) is 0 Å². The third kappa shape index (κ3) is 5.29. The van der Waals surface area contributed by atoms with E-state index >= 15 is 0 Å². The van der Waals surface area contributed by atoms with E-state index in [1.807, 2.05) is 36.4 Å². The van der Waals surface area contributed by atoms with Crippen molar-refractivity contribution in [2.45, 2.75) is 0 Å². The van der Waals surface area contributed by atoms with Gasteiger partial charge in [0.2, 0.25) is 5.95 Å². The molecular weight excluding hydrogens is 685 g/mol. The summed E-state index contributed by atoms with van der Waals surface area (Å²) in [6.07, 6.45) is 0. The fourth-order valence-electron chi connectivity index (χ4n) is 8.06. The first-order valence-electron chi connectivity index (χ1n) is 18.8. The molecule has 5 nitrogen and oxygen atoms in total. The molecule has 0 aliphatic heterocycles. The van der Waals surface area contributed by atoms with Crippen LogP contribution in [0.25, 0.3) is 106 Å². The molecule has 3 heterocycles. The Morgan fingerprint density at radius 3 is 1.59 bits per heavy atom. The van der Waals surface area contributed by atoms with Crippen LogP contribution in [0.4, 0.5) is 0 Å². The summed E-state index contributed by atoms with van der Waals surface area (Å²) in [6.45, 7) is 0. The van der Waals surface area contributed by atoms with Crippen molar-refractivity contribution in [3.05, 3.63) is 194 Å². The van der Waals surface area contributed by atoms with Crippen LogP contribution in [-0.2, 0) is 0 Å². The zero-order chi connectivity index (χ0) is 37.0. The zero-order valence-corrected chi connectivity index (χ0v) is 30.2. The number of furan rings is 1. The molecule has 0 saturated carbocycles. The van der Waals surface area contributed by atoms with Gasteiger partial charge in [0.15, 0.2) is 11.6 Å². The summed E-state index contributed by atoms with van der Waals surface area (Å²) in [5, 5.41) is 4.56. The minimum absolute atomic E-state index is 0.582. The Labute approximate surface area is 322 Å². The first kappa shape index (κ1) is 31.9. The largest absolute Gasteiger partial charge is 0.455 e. The number of hydrogen-bond donors (Lipinski definition) is 0. The fraction of sp³-hybridized carbons (Fsp3) is 0. The molecule has 0 aliphatic carbocycles. The molecule has 0 fully saturated rings. The SMILES string of the molecule is c1ccc(-c2nc(-c3ccc(-c4cccc(-c5cccc6c5oc5cccc(-c7ccccc7)c56)c4)cc3)nc(-n3c4ccccc4c4ccccc43)n2)cc1. The van der Waals surface area contributed by atoms with Crippen LogP contribution in [0.5, 0.6) is 0 Å². The van der Waals surface area contributed by atoms with Gasteiger partial charge in [0.05, 0.1) is 11.0 Å². The Balaban J connectivity index is 0.995. The van der Waals surface area contributed by atoms with Gasteiger partial charge < -0.3 is 4.42 Å². The molecule has 56 heavy (non-hydrogen) atoms. The first-order chi connectivity index (χ1) is 27.8. The molecule has 0 radical (unpaired) electrons. The number of benzene rings is 8. The van der Waals surface area contributed by atoms with E-state index in [1.165, 1.54) is 11.1 Å². The summed E-state index contributed by atoms with van der Waals surface area (Å²) >= 11 is 0. The lowest BCUT2D eigenvalue weighted by molar-refractivity contribution is 0.670. The third-order valence-electron chi connectivity index (χ3n) is 10.7. The van der Waals surface area contributed by atoms with Crippen LogP contribution in [-0.4, -0.2) is 19.5 Å². The second-order valence-electron chi connectivity index (χ2n) is 14.0. The predicted molar refractivity (Wildman–Crippen MR) is 229 cm³/mol. The third-order valence-corrected chi connectivity index (χ3v) is 10.7. The van der Waals surface area contributed by atoms with Gasteiger partial charge in [-0.15, -0.1) is 0 Å². The number of nitrogens with zero attached hydrogens (tertiary/aromatic N) is 4. The molecule has 8 aromatic carbocycles. The lowest BCUT2D eigenvalue weighted by Crippen LogP contribution is -2.06. The highest BCUT2D eigenvalue weighted by atomic mass is 16.3. The molecule has 0 atom stereocenters. The highest BCUT2D eigenvalue weighted by molar-refractivity contribution is 6.15. The normalized spacial score (nSPS) is 11.6. The molecule has 0 amide bonds. The molecule has 0 bridgehead atoms. The minimum atomic E-state index is 0.582. The Morgan fingerprint density at radius 2 is 0.875 bits per heavy atom. The van der Waals surface area contributed by atoms with Gasteiger partial charge in [0.25, 0.3) is 0 Å². The molecule has 3 aromatic heterocycles. The average Bonchev–Trinajstić information content (AvgIpc) is 3.83. The van der Waals surface area contributed by atoms with Gasteiger partial charge in [-0.2, -0.15) is 9.97 Å². The first-order valence-corrected chi connectivity index (χ1v) is 18.8. The topological polar surface area (TPSA) is 56.7 Å². The highest BCUT2D eigenvalue weighted by Gasteiger charge is 2.19. The standard InChI is InChI=1S/C51H32N4O/c1-3-14-34(15-4-1)39-22-13-27-46-47(39)43-24-12-23-40(48(43)56-46)38-19-11-18-37(32-38)33-28-30-36(31-29-33)50-52-49(35-16-5-2-6-17-35)53-51(54-50)55-44-25-9-7-20-41(44)42-21-8-10-26-45(42)55/h1-32H. The van der Waals surface area contributed by atoms with Crippen LogP contribution in [0.15, 0.2) is 199 Å². The molecule has 11 rings (SSSR count). The maximum absolute atomic E-state index is 6.62. The second-order valence-corrected chi connectivity index (χ2v) is 14.0. The van der Waals surface area contributed by atoms with E-state index in [1.54, 1.807) is 0 Å². The maximum Gasteiger partial charge on any atom is 0.238 e. The van der Waals surface area contributed by atoms with Gasteiger partial charge in [-0.25, -0.2) is 4.98 Å². The monoisotopic (exact) mass is 716 g/mol. The fourth-order valence-corrected chi connectivity index (χ4v) is 8.06. The smallest absolute Gasteiger partial charge is 0.238 e. The summed E-state index contributed by atoms with van der Waals surface area (Å²) in [4.78, 5) is 15.2. The molecule has 0 unspecified atom stereocenters. The lowest BCUT2D eigenvalue weighted by atomic mass is 9.95. The van der Waals surface area contributed by atoms with Gasteiger partial charge in [0, 0.05) is 38.2 Å². The molecule has 0 spiro atoms. The van der Waals surface area contributed by atoms with E-state index in [4.69, 9.17) is 19.4 Å². The zero-order valence-electron chi connectivity index (χ0n) is 30.2. The van der Waals surface area contributed by atoms with E-state index < -0.39 is 0 Å². The molecule has 0 aliphatic rings. The maximum atomic E-state index is 6.62. The summed E-state index contributed by atoms with van der Waals surface area (Å²) in [5.74, 6) is 1.82. The molecule has 5 heteroatoms. The summed E-state index contributed by atoms with van der Waals surface area (Å²) in [7, 11) is 0. The summed E-state index contributed by atoms with van der Waals surface area (Å²) < 4.78 is 8.76. The molecule has 11 aromatic rings. The Kier molecular flexibility index (Phi) is 7.42. The molecule has 0 saturated heterocycles. The van der Waals surface area contributed by atoms with Gasteiger partial charge >= 0.3 is 0 Å². The molecule has 0 N–H and O–H groups in total. The van der Waals surface area contributed by atoms with Gasteiger partial charge in [-0.1, -0.05) is 170 Å². The van der Waals surface area contributed by atoms with Crippen LogP contribution in [0.1, 0.15) is 0 Å². The number of rotatable bonds is 6. The van der Waals surface area contributed by atoms with E-state index in [-0.39, 0.29) is 0 Å². The van der Waals surface area contributed by atoms with Crippen molar-refractivity contribution >= 4 is 43.7 Å². The van der Waals surface area contributed by atoms with Crippen molar-refractivity contribution in [1.82, 2.24) is 19.5 Å². The van der Waals surface area contributed by atoms with E-state index in [0.29, 0.717) is 17.6 Å². The number of para-hydroxylation sites is 3. The number of aromatic nitrogens is 4. The average molecular weight is 717 g/mol. The highest BCUT2D eigenvalue weighted by Crippen LogP contribution is 2.41. The summed E-state index contributed by atoms with van der Waals surface area (Å²) in [5.41, 5.74) is 12.4. The molecular formula is C51H32N4O. The quantitative estimate of drug-likeness (QED) is 0.172. The lowest BCUT2D eigenvalue weighted by Gasteiger charge is -2.11. The number of fused-ring (bicyclic) bond motifs is 6. The van der Waals surface area contributed by atoms with Crippen molar-refractivity contribution in [3.63, 3.8) is 0 Å². The summed E-state index contributed by atoms with van der Waals surface area (Å²) in [6, 6.07) is 67.4. The van der Waals surface area contributed by atoms with Crippen molar-refractivity contribution in [3.8, 4) is 62.1 Å². The van der Waals surface area contributed by atoms with Gasteiger partial charge in [-0.3, -0.25) is 4.57 Å². The van der Waals surface area contributed by atoms with Gasteiger partial charge in [-0.05, 0) is 52.1 Å². The molecule has 262 valence electrons. The Morgan fingerprint density at radius 1 is 0.357 bits per heavy atom. The van der Waals surface area contributed by atoms with Crippen LogP contribution in [0.3, 0.4) is 0 Å². The van der Waals surface area contributed by atoms with Gasteiger partial charge in [0.1, 0.15) is 11.2 Å². The van der Waals surface area contributed by atoms with Crippen LogP contribution in [0, 0.1) is 0 Å². The van der Waals surface area contributed by atoms with E-state index in [0.717, 1.165) is 77.1 Å². The van der Waals surface area contributed by atoms with Crippen molar-refractivity contribution < 1.29 is 4.42 Å². The van der Waals surface area contributed by atoms with E-state index in [9.17, 15) is 0 Å². The number of hydrogen-bond acceptors (Lipinski definition) is 4. The Hall–Kier alpha value is -7.63. The van der Waals surface area contributed by atoms with Crippen molar-refractivity contribution in [1.29, 1.82) is 0 Å². The van der Waals surface area contributed by atoms with Crippen molar-refractivity contribution in [2.24, 2.45) is 0 Å². The van der Waals surface area contributed by atoms with Crippen LogP contribution in [0.2, 0.25) is 0 Å². The van der Waals surface area contributed by atoms with E-state index in [2.05, 4.69) is 162 Å². The van der Waals surface area contributed by atoms with Crippen LogP contribution >= 0.6 is 0 Å².